The molecule has 1 atom stereocenters. The van der Waals surface area contributed by atoms with Crippen LogP contribution in [0.1, 0.15) is 36.2 Å². The summed E-state index contributed by atoms with van der Waals surface area (Å²) in [4.78, 5) is 23.7. The van der Waals surface area contributed by atoms with Crippen LogP contribution in [0.15, 0.2) is 54.6 Å². The van der Waals surface area contributed by atoms with Gasteiger partial charge < -0.3 is 9.47 Å². The molecule has 4 heteroatoms. The van der Waals surface area contributed by atoms with E-state index < -0.39 is 5.97 Å². The summed E-state index contributed by atoms with van der Waals surface area (Å²) >= 11 is 0. The van der Waals surface area contributed by atoms with Crippen molar-refractivity contribution < 1.29 is 19.1 Å². The summed E-state index contributed by atoms with van der Waals surface area (Å²) in [7, 11) is 0. The van der Waals surface area contributed by atoms with E-state index in [9.17, 15) is 9.59 Å². The highest BCUT2D eigenvalue weighted by Crippen LogP contribution is 2.16. The Labute approximate surface area is 136 Å². The second-order valence-electron chi connectivity index (χ2n) is 5.32. The standard InChI is InChI=1S/C19H20O4/c1-3-14(2)18(20)23-17-11-9-16(10-12-17)19(21)22-13-15-7-5-4-6-8-15/h4-12,14H,3,13H2,1-2H3/t14-/m0/s1. The van der Waals surface area contributed by atoms with Crippen LogP contribution in [0.2, 0.25) is 0 Å². The molecule has 120 valence electrons. The molecule has 0 bridgehead atoms. The summed E-state index contributed by atoms with van der Waals surface area (Å²) in [5.74, 6) is -0.402. The fourth-order valence-electron chi connectivity index (χ4n) is 1.85. The van der Waals surface area contributed by atoms with E-state index in [-0.39, 0.29) is 18.5 Å². The highest BCUT2D eigenvalue weighted by Gasteiger charge is 2.13. The van der Waals surface area contributed by atoms with Gasteiger partial charge in [0.1, 0.15) is 12.4 Å². The summed E-state index contributed by atoms with van der Waals surface area (Å²) in [5.41, 5.74) is 1.35. The molecular weight excluding hydrogens is 292 g/mol. The predicted molar refractivity (Wildman–Crippen MR) is 87.1 cm³/mol. The van der Waals surface area contributed by atoms with Crippen molar-refractivity contribution in [3.8, 4) is 5.75 Å². The van der Waals surface area contributed by atoms with Crippen LogP contribution < -0.4 is 4.74 Å². The minimum Gasteiger partial charge on any atom is -0.457 e. The zero-order chi connectivity index (χ0) is 16.7. The van der Waals surface area contributed by atoms with E-state index in [1.807, 2.05) is 44.2 Å². The third-order valence-corrected chi connectivity index (χ3v) is 3.54. The molecule has 0 spiro atoms. The van der Waals surface area contributed by atoms with E-state index in [0.717, 1.165) is 12.0 Å². The Balaban J connectivity index is 1.91. The van der Waals surface area contributed by atoms with Crippen molar-refractivity contribution in [3.63, 3.8) is 0 Å². The molecule has 0 saturated carbocycles. The Hall–Kier alpha value is -2.62. The van der Waals surface area contributed by atoms with Gasteiger partial charge in [0.25, 0.3) is 0 Å². The fourth-order valence-corrected chi connectivity index (χ4v) is 1.85. The van der Waals surface area contributed by atoms with Crippen molar-refractivity contribution in [2.75, 3.05) is 0 Å². The van der Waals surface area contributed by atoms with E-state index in [2.05, 4.69) is 0 Å². The van der Waals surface area contributed by atoms with Gasteiger partial charge in [0.15, 0.2) is 0 Å². The highest BCUT2D eigenvalue weighted by atomic mass is 16.5. The van der Waals surface area contributed by atoms with Gasteiger partial charge in [-0.3, -0.25) is 4.79 Å². The van der Waals surface area contributed by atoms with Gasteiger partial charge in [-0.05, 0) is 36.2 Å². The molecule has 0 unspecified atom stereocenters. The first-order valence-corrected chi connectivity index (χ1v) is 7.63. The average molecular weight is 312 g/mol. The van der Waals surface area contributed by atoms with Crippen LogP contribution in [0.4, 0.5) is 0 Å². The monoisotopic (exact) mass is 312 g/mol. The van der Waals surface area contributed by atoms with Crippen LogP contribution in [0, 0.1) is 5.92 Å². The first-order chi connectivity index (χ1) is 11.1. The van der Waals surface area contributed by atoms with Gasteiger partial charge in [0.2, 0.25) is 0 Å². The summed E-state index contributed by atoms with van der Waals surface area (Å²) in [6.07, 6.45) is 0.725. The molecule has 2 aromatic carbocycles. The Bertz CT molecular complexity index is 647. The highest BCUT2D eigenvalue weighted by molar-refractivity contribution is 5.89. The second-order valence-corrected chi connectivity index (χ2v) is 5.32. The predicted octanol–water partition coefficient (Wildman–Crippen LogP) is 4.00. The molecule has 0 amide bonds. The van der Waals surface area contributed by atoms with Crippen molar-refractivity contribution in [2.45, 2.75) is 26.9 Å². The van der Waals surface area contributed by atoms with Crippen LogP contribution in [-0.4, -0.2) is 11.9 Å². The Morgan fingerprint density at radius 1 is 1.00 bits per heavy atom. The van der Waals surface area contributed by atoms with E-state index in [0.29, 0.717) is 11.3 Å². The van der Waals surface area contributed by atoms with Crippen LogP contribution in [0.25, 0.3) is 0 Å². The molecule has 23 heavy (non-hydrogen) atoms. The molecule has 0 fully saturated rings. The van der Waals surface area contributed by atoms with Crippen molar-refractivity contribution in [3.05, 3.63) is 65.7 Å². The molecular formula is C19H20O4. The van der Waals surface area contributed by atoms with Gasteiger partial charge >= 0.3 is 11.9 Å². The first kappa shape index (κ1) is 16.7. The van der Waals surface area contributed by atoms with E-state index in [1.165, 1.54) is 0 Å². The van der Waals surface area contributed by atoms with Crippen molar-refractivity contribution in [1.82, 2.24) is 0 Å². The van der Waals surface area contributed by atoms with Crippen LogP contribution in [0.3, 0.4) is 0 Å². The SMILES string of the molecule is CC[C@H](C)C(=O)Oc1ccc(C(=O)OCc2ccccc2)cc1. The van der Waals surface area contributed by atoms with Crippen molar-refractivity contribution in [2.24, 2.45) is 5.92 Å². The fraction of sp³-hybridized carbons (Fsp3) is 0.263. The third-order valence-electron chi connectivity index (χ3n) is 3.54. The van der Waals surface area contributed by atoms with Gasteiger partial charge in [-0.25, -0.2) is 4.79 Å². The Morgan fingerprint density at radius 2 is 1.65 bits per heavy atom. The molecule has 0 aliphatic carbocycles. The number of carbonyl (C=O) groups excluding carboxylic acids is 2. The molecule has 0 aliphatic heterocycles. The van der Waals surface area contributed by atoms with Gasteiger partial charge in [-0.2, -0.15) is 0 Å². The molecule has 0 saturated heterocycles. The van der Waals surface area contributed by atoms with Gasteiger partial charge in [0.05, 0.1) is 11.5 Å². The van der Waals surface area contributed by atoms with E-state index >= 15 is 0 Å². The molecule has 2 rings (SSSR count). The summed E-state index contributed by atoms with van der Waals surface area (Å²) in [6, 6.07) is 15.9. The van der Waals surface area contributed by atoms with E-state index in [1.54, 1.807) is 24.3 Å². The van der Waals surface area contributed by atoms with Crippen LogP contribution >= 0.6 is 0 Å². The maximum absolute atomic E-state index is 12.0. The topological polar surface area (TPSA) is 52.6 Å². The zero-order valence-corrected chi connectivity index (χ0v) is 13.3. The number of carbonyl (C=O) groups is 2. The normalized spacial score (nSPS) is 11.6. The van der Waals surface area contributed by atoms with Gasteiger partial charge in [0, 0.05) is 0 Å². The van der Waals surface area contributed by atoms with Gasteiger partial charge in [-0.1, -0.05) is 44.2 Å². The summed E-state index contributed by atoms with van der Waals surface area (Å²) in [6.45, 7) is 3.97. The quantitative estimate of drug-likeness (QED) is 0.597. The number of benzene rings is 2. The minimum atomic E-state index is -0.409. The number of rotatable bonds is 6. The lowest BCUT2D eigenvalue weighted by atomic mass is 10.1. The summed E-state index contributed by atoms with van der Waals surface area (Å²) in [5, 5.41) is 0. The van der Waals surface area contributed by atoms with E-state index in [4.69, 9.17) is 9.47 Å². The molecule has 0 aromatic heterocycles. The Morgan fingerprint density at radius 3 is 2.26 bits per heavy atom. The molecule has 0 heterocycles. The first-order valence-electron chi connectivity index (χ1n) is 7.63. The van der Waals surface area contributed by atoms with Gasteiger partial charge in [-0.15, -0.1) is 0 Å². The number of esters is 2. The smallest absolute Gasteiger partial charge is 0.338 e. The van der Waals surface area contributed by atoms with Crippen LogP contribution in [0.5, 0.6) is 5.75 Å². The zero-order valence-electron chi connectivity index (χ0n) is 13.3. The minimum absolute atomic E-state index is 0.148. The van der Waals surface area contributed by atoms with Crippen molar-refractivity contribution in [1.29, 1.82) is 0 Å². The number of ether oxygens (including phenoxy) is 2. The summed E-state index contributed by atoms with van der Waals surface area (Å²) < 4.78 is 10.5. The second kappa shape index (κ2) is 8.13. The number of hydrogen-bond acceptors (Lipinski definition) is 4. The Kier molecular flexibility index (Phi) is 5.92. The molecule has 0 aliphatic rings. The molecule has 0 N–H and O–H groups in total. The maximum atomic E-state index is 12.0. The van der Waals surface area contributed by atoms with Crippen molar-refractivity contribution >= 4 is 11.9 Å². The largest absolute Gasteiger partial charge is 0.457 e. The molecule has 4 nitrogen and oxygen atoms in total. The average Bonchev–Trinajstić information content (AvgIpc) is 2.60. The maximum Gasteiger partial charge on any atom is 0.338 e. The number of hydrogen-bond donors (Lipinski definition) is 0. The lowest BCUT2D eigenvalue weighted by molar-refractivity contribution is -0.138. The molecule has 0 radical (unpaired) electrons. The third kappa shape index (κ3) is 4.95. The van der Waals surface area contributed by atoms with Crippen LogP contribution in [-0.2, 0) is 16.1 Å². The lowest BCUT2D eigenvalue weighted by Crippen LogP contribution is -2.17. The lowest BCUT2D eigenvalue weighted by Gasteiger charge is -2.09. The molecule has 2 aromatic rings.